The fourth-order valence-corrected chi connectivity index (χ4v) is 2.68. The number of thioether (sulfide) groups is 1. The van der Waals surface area contributed by atoms with E-state index >= 15 is 0 Å². The number of hydrogen-bond donors (Lipinski definition) is 2. The number of furan rings is 1. The summed E-state index contributed by atoms with van der Waals surface area (Å²) in [6.07, 6.45) is 1.07. The molecule has 1 rings (SSSR count). The van der Waals surface area contributed by atoms with E-state index in [0.29, 0.717) is 18.3 Å². The lowest BCUT2D eigenvalue weighted by molar-refractivity contribution is 0.391. The van der Waals surface area contributed by atoms with Crippen molar-refractivity contribution in [3.8, 4) is 0 Å². The molecule has 0 aliphatic carbocycles. The van der Waals surface area contributed by atoms with Crippen molar-refractivity contribution in [3.05, 3.63) is 17.9 Å². The van der Waals surface area contributed by atoms with E-state index in [4.69, 9.17) is 9.56 Å². The molecule has 0 radical (unpaired) electrons. The minimum Gasteiger partial charge on any atom is -0.447 e. The highest BCUT2D eigenvalue weighted by Crippen LogP contribution is 2.12. The van der Waals surface area contributed by atoms with Gasteiger partial charge in [-0.3, -0.25) is 0 Å². The fourth-order valence-electron chi connectivity index (χ4n) is 1.39. The Morgan fingerprint density at radius 3 is 2.78 bits per heavy atom. The van der Waals surface area contributed by atoms with E-state index in [9.17, 15) is 8.42 Å². The van der Waals surface area contributed by atoms with Crippen LogP contribution in [0.1, 0.15) is 26.0 Å². The van der Waals surface area contributed by atoms with Gasteiger partial charge in [0.15, 0.2) is 0 Å². The number of sulfonamides is 1. The Morgan fingerprint density at radius 1 is 1.50 bits per heavy atom. The van der Waals surface area contributed by atoms with Gasteiger partial charge in [-0.25, -0.2) is 13.6 Å². The van der Waals surface area contributed by atoms with Gasteiger partial charge in [0.2, 0.25) is 5.09 Å². The van der Waals surface area contributed by atoms with Gasteiger partial charge in [-0.1, -0.05) is 6.92 Å². The molecule has 0 fully saturated rings. The second-order valence-corrected chi connectivity index (χ2v) is 6.92. The lowest BCUT2D eigenvalue weighted by Gasteiger charge is -2.11. The van der Waals surface area contributed by atoms with Gasteiger partial charge >= 0.3 is 0 Å². The molecular weight excluding hydrogens is 272 g/mol. The molecule has 3 N–H and O–H groups in total. The summed E-state index contributed by atoms with van der Waals surface area (Å²) in [4.78, 5) is 0. The number of nitrogens with one attached hydrogen (secondary N) is 1. The molecule has 1 heterocycles. The Labute approximate surface area is 113 Å². The van der Waals surface area contributed by atoms with Crippen LogP contribution in [0, 0.1) is 0 Å². The van der Waals surface area contributed by atoms with Crippen LogP contribution >= 0.6 is 11.8 Å². The van der Waals surface area contributed by atoms with Gasteiger partial charge in [-0.2, -0.15) is 11.8 Å². The molecule has 7 heteroatoms. The molecule has 0 bridgehead atoms. The molecule has 104 valence electrons. The molecule has 0 saturated carbocycles. The predicted molar refractivity (Wildman–Crippen MR) is 74.0 cm³/mol. The number of hydrogen-bond acceptors (Lipinski definition) is 5. The quantitative estimate of drug-likeness (QED) is 0.710. The van der Waals surface area contributed by atoms with E-state index in [0.717, 1.165) is 17.9 Å². The summed E-state index contributed by atoms with van der Waals surface area (Å²) in [5.41, 5.74) is 0. The van der Waals surface area contributed by atoms with Crippen LogP contribution in [0.3, 0.4) is 0 Å². The van der Waals surface area contributed by atoms with Crippen LogP contribution in [0.15, 0.2) is 21.6 Å². The Bertz CT molecular complexity index is 457. The molecule has 1 aromatic heterocycles. The van der Waals surface area contributed by atoms with Gasteiger partial charge in [-0.15, -0.1) is 0 Å². The largest absolute Gasteiger partial charge is 0.447 e. The lowest BCUT2D eigenvalue weighted by Crippen LogP contribution is -2.25. The highest BCUT2D eigenvalue weighted by molar-refractivity contribution is 7.99. The molecule has 18 heavy (non-hydrogen) atoms. The van der Waals surface area contributed by atoms with Crippen molar-refractivity contribution in [2.24, 2.45) is 5.14 Å². The summed E-state index contributed by atoms with van der Waals surface area (Å²) >= 11 is 1.91. The zero-order valence-corrected chi connectivity index (χ0v) is 12.3. The van der Waals surface area contributed by atoms with Crippen LogP contribution in [0.5, 0.6) is 0 Å². The molecule has 1 atom stereocenters. The van der Waals surface area contributed by atoms with Crippen molar-refractivity contribution in [3.63, 3.8) is 0 Å². The van der Waals surface area contributed by atoms with Gasteiger partial charge < -0.3 is 9.73 Å². The molecule has 0 spiro atoms. The van der Waals surface area contributed by atoms with Crippen molar-refractivity contribution < 1.29 is 12.8 Å². The van der Waals surface area contributed by atoms with E-state index in [1.54, 1.807) is 6.07 Å². The van der Waals surface area contributed by atoms with Crippen LogP contribution in [0.25, 0.3) is 0 Å². The zero-order chi connectivity index (χ0) is 13.6. The third kappa shape index (κ3) is 5.43. The summed E-state index contributed by atoms with van der Waals surface area (Å²) in [7, 11) is -3.74. The molecule has 1 aromatic rings. The molecule has 5 nitrogen and oxygen atoms in total. The van der Waals surface area contributed by atoms with Crippen LogP contribution in [-0.4, -0.2) is 26.0 Å². The maximum absolute atomic E-state index is 11.0. The van der Waals surface area contributed by atoms with E-state index in [1.807, 2.05) is 11.8 Å². The summed E-state index contributed by atoms with van der Waals surface area (Å²) in [5.74, 6) is 2.82. The van der Waals surface area contributed by atoms with Crippen molar-refractivity contribution in [2.45, 2.75) is 37.9 Å². The first kappa shape index (κ1) is 15.6. The van der Waals surface area contributed by atoms with E-state index < -0.39 is 10.0 Å². The van der Waals surface area contributed by atoms with E-state index in [-0.39, 0.29) is 5.09 Å². The smallest absolute Gasteiger partial charge is 0.271 e. The Balaban J connectivity index is 2.37. The third-order valence-corrected chi connectivity index (χ3v) is 4.15. The SMILES string of the molecule is CCSCCC(C)NCc1ccc(S(N)(=O)=O)o1. The van der Waals surface area contributed by atoms with Crippen molar-refractivity contribution in [2.75, 3.05) is 11.5 Å². The Kier molecular flexibility index (Phi) is 6.20. The van der Waals surface area contributed by atoms with Crippen molar-refractivity contribution >= 4 is 21.8 Å². The monoisotopic (exact) mass is 292 g/mol. The minimum absolute atomic E-state index is 0.187. The first-order chi connectivity index (χ1) is 8.43. The first-order valence-corrected chi connectivity index (χ1v) is 8.56. The van der Waals surface area contributed by atoms with Gasteiger partial charge in [0, 0.05) is 6.04 Å². The lowest BCUT2D eigenvalue weighted by atomic mass is 10.2. The molecule has 0 amide bonds. The molecule has 0 aliphatic heterocycles. The Hall–Kier alpha value is -0.500. The minimum atomic E-state index is -3.74. The average Bonchev–Trinajstić information content (AvgIpc) is 2.75. The molecule has 1 unspecified atom stereocenters. The summed E-state index contributed by atoms with van der Waals surface area (Å²) in [5, 5.41) is 8.06. The standard InChI is InChI=1S/C11H20N2O3S2/c1-3-17-7-6-9(2)13-8-10-4-5-11(16-10)18(12,14)15/h4-5,9,13H,3,6-8H2,1-2H3,(H2,12,14,15). The molecule has 0 saturated heterocycles. The van der Waals surface area contributed by atoms with E-state index in [1.165, 1.54) is 6.07 Å². The highest BCUT2D eigenvalue weighted by atomic mass is 32.2. The second-order valence-electron chi connectivity index (χ2n) is 4.03. The maximum Gasteiger partial charge on any atom is 0.271 e. The predicted octanol–water partition coefficient (Wildman–Crippen LogP) is 1.55. The molecule has 0 aliphatic rings. The number of primary sulfonamides is 1. The Morgan fingerprint density at radius 2 is 2.22 bits per heavy atom. The number of nitrogens with two attached hydrogens (primary N) is 1. The molecule has 0 aromatic carbocycles. The first-order valence-electron chi connectivity index (χ1n) is 5.86. The normalized spacial score (nSPS) is 13.7. The summed E-state index contributed by atoms with van der Waals surface area (Å²) < 4.78 is 27.2. The highest BCUT2D eigenvalue weighted by Gasteiger charge is 2.13. The van der Waals surface area contributed by atoms with Gasteiger partial charge in [0.05, 0.1) is 6.54 Å². The maximum atomic E-state index is 11.0. The van der Waals surface area contributed by atoms with E-state index in [2.05, 4.69) is 19.2 Å². The van der Waals surface area contributed by atoms with Crippen LogP contribution in [0.2, 0.25) is 0 Å². The van der Waals surface area contributed by atoms with Gasteiger partial charge in [0.25, 0.3) is 10.0 Å². The van der Waals surface area contributed by atoms with Crippen molar-refractivity contribution in [1.82, 2.24) is 5.32 Å². The van der Waals surface area contributed by atoms with Gasteiger partial charge in [-0.05, 0) is 37.0 Å². The summed E-state index contributed by atoms with van der Waals surface area (Å²) in [6.45, 7) is 4.74. The van der Waals surface area contributed by atoms with Gasteiger partial charge in [0.1, 0.15) is 5.76 Å². The van der Waals surface area contributed by atoms with Crippen LogP contribution in [0.4, 0.5) is 0 Å². The fraction of sp³-hybridized carbons (Fsp3) is 0.636. The second kappa shape index (κ2) is 7.18. The topological polar surface area (TPSA) is 85.3 Å². The van der Waals surface area contributed by atoms with Crippen molar-refractivity contribution in [1.29, 1.82) is 0 Å². The average molecular weight is 292 g/mol. The molecular formula is C11H20N2O3S2. The van der Waals surface area contributed by atoms with Crippen LogP contribution < -0.4 is 10.5 Å². The summed E-state index contributed by atoms with van der Waals surface area (Å²) in [6, 6.07) is 3.37. The third-order valence-electron chi connectivity index (χ3n) is 2.44. The van der Waals surface area contributed by atoms with Crippen LogP contribution in [-0.2, 0) is 16.6 Å². The zero-order valence-electron chi connectivity index (χ0n) is 10.7. The number of rotatable bonds is 8.